The highest BCUT2D eigenvalue weighted by molar-refractivity contribution is 6.35. The SMILES string of the molecule is COc1ccc(/C=C2\CNCc3c(OC(=O)NN4CC5CCCC5C4)nn(-c4ccc(Cl)cc4Cl)c32)cc1. The van der Waals surface area contributed by atoms with E-state index in [0.29, 0.717) is 40.7 Å². The van der Waals surface area contributed by atoms with Gasteiger partial charge in [0.05, 0.1) is 29.1 Å². The second kappa shape index (κ2) is 10.6. The molecule has 2 unspecified atom stereocenters. The van der Waals surface area contributed by atoms with E-state index in [1.807, 2.05) is 35.3 Å². The predicted molar refractivity (Wildman–Crippen MR) is 148 cm³/mol. The summed E-state index contributed by atoms with van der Waals surface area (Å²) < 4.78 is 12.9. The summed E-state index contributed by atoms with van der Waals surface area (Å²) in [4.78, 5) is 12.9. The number of carbonyl (C=O) groups excluding carboxylic acids is 1. The number of halogens is 2. The molecule has 6 rings (SSSR count). The number of carbonyl (C=O) groups is 1. The molecule has 2 atom stereocenters. The minimum atomic E-state index is -0.536. The Labute approximate surface area is 231 Å². The van der Waals surface area contributed by atoms with Crippen LogP contribution in [-0.2, 0) is 6.54 Å². The van der Waals surface area contributed by atoms with E-state index in [4.69, 9.17) is 37.8 Å². The number of rotatable bonds is 5. The fourth-order valence-corrected chi connectivity index (χ4v) is 6.31. The molecule has 0 bridgehead atoms. The molecular weight excluding hydrogens is 525 g/mol. The van der Waals surface area contributed by atoms with Crippen LogP contribution in [0, 0.1) is 11.8 Å². The maximum atomic E-state index is 12.9. The van der Waals surface area contributed by atoms with E-state index < -0.39 is 6.09 Å². The molecule has 0 spiro atoms. The Morgan fingerprint density at radius 3 is 2.58 bits per heavy atom. The first-order chi connectivity index (χ1) is 18.5. The molecule has 2 aliphatic heterocycles. The Morgan fingerprint density at radius 2 is 1.87 bits per heavy atom. The fourth-order valence-electron chi connectivity index (χ4n) is 5.82. The van der Waals surface area contributed by atoms with Crippen LogP contribution in [0.1, 0.15) is 36.1 Å². The highest BCUT2D eigenvalue weighted by atomic mass is 35.5. The van der Waals surface area contributed by atoms with Gasteiger partial charge in [-0.1, -0.05) is 41.8 Å². The molecule has 3 aromatic rings. The zero-order chi connectivity index (χ0) is 26.2. The Hall–Kier alpha value is -3.04. The smallest absolute Gasteiger partial charge is 0.428 e. The molecule has 198 valence electrons. The number of benzene rings is 2. The summed E-state index contributed by atoms with van der Waals surface area (Å²) in [5, 5.41) is 11.1. The lowest BCUT2D eigenvalue weighted by atomic mass is 10.0. The molecule has 0 radical (unpaired) electrons. The van der Waals surface area contributed by atoms with E-state index >= 15 is 0 Å². The van der Waals surface area contributed by atoms with Crippen molar-refractivity contribution >= 4 is 40.9 Å². The summed E-state index contributed by atoms with van der Waals surface area (Å²) in [6.45, 7) is 2.83. The molecule has 2 aromatic carbocycles. The number of hydrogen-bond acceptors (Lipinski definition) is 6. The van der Waals surface area contributed by atoms with Crippen molar-refractivity contribution in [2.24, 2.45) is 11.8 Å². The minimum Gasteiger partial charge on any atom is -0.497 e. The normalized spacial score (nSPS) is 21.8. The van der Waals surface area contributed by atoms with Crippen LogP contribution < -0.4 is 20.2 Å². The monoisotopic (exact) mass is 553 g/mol. The summed E-state index contributed by atoms with van der Waals surface area (Å²) >= 11 is 12.8. The lowest BCUT2D eigenvalue weighted by Gasteiger charge is -2.20. The molecule has 2 fully saturated rings. The molecule has 3 aliphatic rings. The summed E-state index contributed by atoms with van der Waals surface area (Å²) in [6.07, 6.45) is 5.29. The van der Waals surface area contributed by atoms with Crippen molar-refractivity contribution in [1.82, 2.24) is 25.5 Å². The van der Waals surface area contributed by atoms with Gasteiger partial charge in [0, 0.05) is 31.2 Å². The summed E-state index contributed by atoms with van der Waals surface area (Å²) in [7, 11) is 1.65. The fraction of sp³-hybridized carbons (Fsp3) is 0.357. The van der Waals surface area contributed by atoms with Gasteiger partial charge in [-0.2, -0.15) is 0 Å². The van der Waals surface area contributed by atoms with Gasteiger partial charge in [-0.05, 0) is 72.2 Å². The van der Waals surface area contributed by atoms with E-state index in [1.165, 1.54) is 19.3 Å². The van der Waals surface area contributed by atoms with Crippen LogP contribution in [0.5, 0.6) is 11.6 Å². The first-order valence-corrected chi connectivity index (χ1v) is 13.6. The third kappa shape index (κ3) is 5.01. The van der Waals surface area contributed by atoms with Crippen LogP contribution in [0.2, 0.25) is 10.0 Å². The molecule has 1 saturated carbocycles. The van der Waals surface area contributed by atoms with Gasteiger partial charge in [-0.15, -0.1) is 5.10 Å². The van der Waals surface area contributed by atoms with E-state index in [9.17, 15) is 4.79 Å². The van der Waals surface area contributed by atoms with Crippen molar-refractivity contribution in [3.8, 4) is 17.3 Å². The van der Waals surface area contributed by atoms with Crippen molar-refractivity contribution in [2.45, 2.75) is 25.8 Å². The largest absolute Gasteiger partial charge is 0.497 e. The number of ether oxygens (including phenoxy) is 2. The standard InChI is InChI=1S/C28H29Cl2N5O3/c1-37-22-8-5-17(6-9-22)11-20-13-31-14-23-26(20)35(25-10-7-21(29)12-24(25)30)32-27(23)38-28(36)33-34-15-18-3-2-4-19(18)16-34/h5-12,18-19,31H,2-4,13-16H2,1H3,(H,33,36)/b20-11+. The number of fused-ring (bicyclic) bond motifs is 2. The zero-order valence-electron chi connectivity index (χ0n) is 21.0. The Morgan fingerprint density at radius 1 is 1.11 bits per heavy atom. The van der Waals surface area contributed by atoms with Gasteiger partial charge in [0.25, 0.3) is 0 Å². The van der Waals surface area contributed by atoms with Gasteiger partial charge in [0.15, 0.2) is 0 Å². The van der Waals surface area contributed by atoms with Gasteiger partial charge in [0.2, 0.25) is 5.88 Å². The zero-order valence-corrected chi connectivity index (χ0v) is 22.6. The summed E-state index contributed by atoms with van der Waals surface area (Å²) in [5.41, 5.74) is 7.19. The average molecular weight is 554 g/mol. The maximum absolute atomic E-state index is 12.9. The molecule has 1 amide bonds. The molecule has 1 aliphatic carbocycles. The molecule has 10 heteroatoms. The lowest BCUT2D eigenvalue weighted by Crippen LogP contribution is -2.42. The van der Waals surface area contributed by atoms with Crippen molar-refractivity contribution in [3.63, 3.8) is 0 Å². The number of nitrogens with zero attached hydrogens (tertiary/aromatic N) is 3. The number of nitrogens with one attached hydrogen (secondary N) is 2. The van der Waals surface area contributed by atoms with Crippen LogP contribution in [0.3, 0.4) is 0 Å². The van der Waals surface area contributed by atoms with E-state index in [1.54, 1.807) is 23.9 Å². The first-order valence-electron chi connectivity index (χ1n) is 12.8. The van der Waals surface area contributed by atoms with E-state index in [2.05, 4.69) is 16.8 Å². The topological polar surface area (TPSA) is 80.7 Å². The van der Waals surface area contributed by atoms with Crippen molar-refractivity contribution in [3.05, 3.63) is 69.3 Å². The van der Waals surface area contributed by atoms with E-state index in [-0.39, 0.29) is 5.88 Å². The van der Waals surface area contributed by atoms with Gasteiger partial charge in [0.1, 0.15) is 5.75 Å². The van der Waals surface area contributed by atoms with Crippen LogP contribution in [0.4, 0.5) is 4.79 Å². The summed E-state index contributed by atoms with van der Waals surface area (Å²) in [6, 6.07) is 13.1. The van der Waals surface area contributed by atoms with Crippen LogP contribution >= 0.6 is 23.2 Å². The van der Waals surface area contributed by atoms with Gasteiger partial charge < -0.3 is 14.8 Å². The second-order valence-corrected chi connectivity index (χ2v) is 10.9. The Balaban J connectivity index is 1.34. The number of methoxy groups -OCH3 is 1. The van der Waals surface area contributed by atoms with E-state index in [0.717, 1.165) is 41.2 Å². The molecule has 1 saturated heterocycles. The van der Waals surface area contributed by atoms with Crippen LogP contribution in [-0.4, -0.2) is 47.6 Å². The third-order valence-corrected chi connectivity index (χ3v) is 8.17. The average Bonchev–Trinajstić information content (AvgIpc) is 3.59. The van der Waals surface area contributed by atoms with Gasteiger partial charge in [-0.3, -0.25) is 5.43 Å². The highest BCUT2D eigenvalue weighted by Crippen LogP contribution is 2.38. The maximum Gasteiger partial charge on any atom is 0.428 e. The Kier molecular flexibility index (Phi) is 7.05. The molecule has 1 aromatic heterocycles. The number of hydrazine groups is 1. The highest BCUT2D eigenvalue weighted by Gasteiger charge is 2.37. The van der Waals surface area contributed by atoms with Gasteiger partial charge in [-0.25, -0.2) is 14.5 Å². The lowest BCUT2D eigenvalue weighted by molar-refractivity contribution is 0.152. The minimum absolute atomic E-state index is 0.246. The van der Waals surface area contributed by atoms with Crippen LogP contribution in [0.15, 0.2) is 42.5 Å². The van der Waals surface area contributed by atoms with Crippen molar-refractivity contribution in [2.75, 3.05) is 26.7 Å². The second-order valence-electron chi connectivity index (χ2n) is 10.0. The van der Waals surface area contributed by atoms with Crippen molar-refractivity contribution < 1.29 is 14.3 Å². The third-order valence-electron chi connectivity index (χ3n) is 7.63. The summed E-state index contributed by atoms with van der Waals surface area (Å²) in [5.74, 6) is 2.35. The molecule has 8 nitrogen and oxygen atoms in total. The quantitative estimate of drug-likeness (QED) is 0.430. The Bertz CT molecular complexity index is 1380. The number of amides is 1. The first kappa shape index (κ1) is 25.2. The predicted octanol–water partition coefficient (Wildman–Crippen LogP) is 5.57. The number of hydrogen-bond donors (Lipinski definition) is 2. The number of aromatic nitrogens is 2. The molecule has 38 heavy (non-hydrogen) atoms. The molecular formula is C28H29Cl2N5O3. The molecule has 3 heterocycles. The molecule has 2 N–H and O–H groups in total. The van der Waals surface area contributed by atoms with Gasteiger partial charge >= 0.3 is 6.09 Å². The van der Waals surface area contributed by atoms with Crippen LogP contribution in [0.25, 0.3) is 17.3 Å². The van der Waals surface area contributed by atoms with Crippen molar-refractivity contribution in [1.29, 1.82) is 0 Å².